The summed E-state index contributed by atoms with van der Waals surface area (Å²) in [5.74, 6) is 0.783. The minimum Gasteiger partial charge on any atom is -0.497 e. The number of methoxy groups -OCH3 is 1. The largest absolute Gasteiger partial charge is 0.497 e. The van der Waals surface area contributed by atoms with Crippen molar-refractivity contribution in [2.24, 2.45) is 0 Å². The van der Waals surface area contributed by atoms with Gasteiger partial charge in [-0.3, -0.25) is 4.79 Å². The lowest BCUT2D eigenvalue weighted by atomic mass is 10.1. The van der Waals surface area contributed by atoms with E-state index in [1.807, 2.05) is 65.6 Å². The average molecular weight is 380 g/mol. The highest BCUT2D eigenvalue weighted by Gasteiger charge is 2.17. The first-order chi connectivity index (χ1) is 12.8. The lowest BCUT2D eigenvalue weighted by molar-refractivity contribution is -0.126. The van der Waals surface area contributed by atoms with Crippen molar-refractivity contribution in [2.75, 3.05) is 7.11 Å². The van der Waals surface area contributed by atoms with E-state index in [0.717, 1.165) is 22.6 Å². The zero-order valence-electron chi connectivity index (χ0n) is 16.9. The number of benzene rings is 2. The van der Waals surface area contributed by atoms with Crippen molar-refractivity contribution in [3.8, 4) is 5.75 Å². The molecule has 0 unspecified atom stereocenters. The zero-order chi connectivity index (χ0) is 19.9. The number of hydrogen-bond donors (Lipinski definition) is 0. The van der Waals surface area contributed by atoms with Crippen LogP contribution in [0.1, 0.15) is 18.1 Å². The van der Waals surface area contributed by atoms with Gasteiger partial charge in [0.1, 0.15) is 5.75 Å². The highest BCUT2D eigenvalue weighted by atomic mass is 28.3. The third kappa shape index (κ3) is 6.57. The number of hydrogen-bond acceptors (Lipinski definition) is 2. The zero-order valence-corrected chi connectivity index (χ0v) is 17.9. The second kappa shape index (κ2) is 9.37. The van der Waals surface area contributed by atoms with Gasteiger partial charge in [-0.05, 0) is 23.8 Å². The molecule has 0 saturated heterocycles. The maximum atomic E-state index is 12.5. The van der Waals surface area contributed by atoms with Gasteiger partial charge in [-0.1, -0.05) is 73.9 Å². The average Bonchev–Trinajstić information content (AvgIpc) is 2.63. The number of ether oxygens (including phenoxy) is 1. The van der Waals surface area contributed by atoms with Crippen molar-refractivity contribution in [3.63, 3.8) is 0 Å². The Morgan fingerprint density at radius 1 is 1.07 bits per heavy atom. The van der Waals surface area contributed by atoms with E-state index in [2.05, 4.69) is 31.4 Å². The van der Waals surface area contributed by atoms with Gasteiger partial charge in [0.05, 0.1) is 27.4 Å². The Balaban J connectivity index is 2.48. The highest BCUT2D eigenvalue weighted by Crippen LogP contribution is 2.25. The van der Waals surface area contributed by atoms with Gasteiger partial charge in [-0.25, -0.2) is 0 Å². The van der Waals surface area contributed by atoms with Crippen LogP contribution in [-0.4, -0.2) is 26.0 Å². The fourth-order valence-electron chi connectivity index (χ4n) is 2.68. The highest BCUT2D eigenvalue weighted by molar-refractivity contribution is 6.81. The van der Waals surface area contributed by atoms with Crippen molar-refractivity contribution < 1.29 is 9.53 Å². The van der Waals surface area contributed by atoms with Crippen LogP contribution in [-0.2, 0) is 11.3 Å². The molecule has 2 aromatic rings. The standard InChI is InChI=1S/C23H29NO2Si/c1-19(25)24(18-20-11-7-6-8-12-20)23(15-10-16-27(3,4)5)21-13-9-14-22(17-21)26-2/h6-17H,18H2,1-5H3/b16-10+,23-15-. The smallest absolute Gasteiger partial charge is 0.224 e. The van der Waals surface area contributed by atoms with Crippen LogP contribution >= 0.6 is 0 Å². The molecule has 0 aliphatic heterocycles. The quantitative estimate of drug-likeness (QED) is 0.468. The molecule has 2 aromatic carbocycles. The number of amides is 1. The van der Waals surface area contributed by atoms with Crippen LogP contribution in [0.4, 0.5) is 0 Å². The molecular weight excluding hydrogens is 350 g/mol. The number of carbonyl (C=O) groups excluding carboxylic acids is 1. The number of carbonyl (C=O) groups is 1. The minimum atomic E-state index is -1.33. The molecule has 0 atom stereocenters. The van der Waals surface area contributed by atoms with E-state index in [-0.39, 0.29) is 5.91 Å². The molecule has 0 radical (unpaired) electrons. The summed E-state index contributed by atoms with van der Waals surface area (Å²) in [5, 5.41) is 0. The summed E-state index contributed by atoms with van der Waals surface area (Å²) in [4.78, 5) is 14.3. The Kier molecular flexibility index (Phi) is 7.19. The minimum absolute atomic E-state index is 0.00864. The molecule has 0 spiro atoms. The van der Waals surface area contributed by atoms with Crippen LogP contribution in [0.25, 0.3) is 5.70 Å². The summed E-state index contributed by atoms with van der Waals surface area (Å²) in [6.07, 6.45) is 4.12. The van der Waals surface area contributed by atoms with Gasteiger partial charge in [0, 0.05) is 12.5 Å². The molecule has 3 nitrogen and oxygen atoms in total. The van der Waals surface area contributed by atoms with E-state index in [1.165, 1.54) is 0 Å². The summed E-state index contributed by atoms with van der Waals surface area (Å²) in [6.45, 7) is 9.00. The van der Waals surface area contributed by atoms with E-state index in [0.29, 0.717) is 6.54 Å². The van der Waals surface area contributed by atoms with Gasteiger partial charge >= 0.3 is 0 Å². The Hall–Kier alpha value is -2.59. The SMILES string of the molecule is COc1cccc(/C(=C/C=C/[Si](C)(C)C)N(Cc2ccccc2)C(C)=O)c1. The van der Waals surface area contributed by atoms with Crippen LogP contribution in [0.3, 0.4) is 0 Å². The van der Waals surface area contributed by atoms with E-state index < -0.39 is 8.07 Å². The molecule has 0 saturated carbocycles. The molecule has 1 amide bonds. The molecule has 4 heteroatoms. The topological polar surface area (TPSA) is 29.5 Å². The number of nitrogens with zero attached hydrogens (tertiary/aromatic N) is 1. The first kappa shape index (κ1) is 20.7. The Morgan fingerprint density at radius 3 is 2.37 bits per heavy atom. The summed E-state index contributed by atoms with van der Waals surface area (Å²) in [7, 11) is 0.321. The Morgan fingerprint density at radius 2 is 1.78 bits per heavy atom. The molecule has 0 N–H and O–H groups in total. The van der Waals surface area contributed by atoms with Gasteiger partial charge in [0.2, 0.25) is 5.91 Å². The number of allylic oxidation sites excluding steroid dienone is 2. The molecule has 142 valence electrons. The van der Waals surface area contributed by atoms with Crippen LogP contribution in [0.15, 0.2) is 72.4 Å². The summed E-state index contributed by atoms with van der Waals surface area (Å²) in [6, 6.07) is 17.9. The molecule has 0 heterocycles. The summed E-state index contributed by atoms with van der Waals surface area (Å²) < 4.78 is 5.38. The van der Waals surface area contributed by atoms with Gasteiger partial charge in [-0.15, -0.1) is 0 Å². The predicted molar refractivity (Wildman–Crippen MR) is 116 cm³/mol. The third-order valence-electron chi connectivity index (χ3n) is 4.07. The maximum Gasteiger partial charge on any atom is 0.224 e. The third-order valence-corrected chi connectivity index (χ3v) is 5.26. The Bertz CT molecular complexity index is 820. The van der Waals surface area contributed by atoms with Gasteiger partial charge in [0.15, 0.2) is 0 Å². The van der Waals surface area contributed by atoms with E-state index in [9.17, 15) is 4.79 Å². The predicted octanol–water partition coefficient (Wildman–Crippen LogP) is 5.52. The second-order valence-electron chi connectivity index (χ2n) is 7.60. The van der Waals surface area contributed by atoms with Crippen LogP contribution in [0.5, 0.6) is 5.75 Å². The Labute approximate surface area is 164 Å². The molecule has 0 fully saturated rings. The normalized spacial score (nSPS) is 12.3. The van der Waals surface area contributed by atoms with Crippen molar-refractivity contribution in [3.05, 3.63) is 83.6 Å². The van der Waals surface area contributed by atoms with Crippen molar-refractivity contribution in [1.29, 1.82) is 0 Å². The van der Waals surface area contributed by atoms with Crippen molar-refractivity contribution in [2.45, 2.75) is 33.1 Å². The van der Waals surface area contributed by atoms with E-state index >= 15 is 0 Å². The molecule has 0 aliphatic rings. The molecule has 0 aliphatic carbocycles. The molecule has 0 bridgehead atoms. The summed E-state index contributed by atoms with van der Waals surface area (Å²) >= 11 is 0. The van der Waals surface area contributed by atoms with Gasteiger partial charge < -0.3 is 9.64 Å². The summed E-state index contributed by atoms with van der Waals surface area (Å²) in [5.41, 5.74) is 5.20. The van der Waals surface area contributed by atoms with Crippen LogP contribution in [0, 0.1) is 0 Å². The van der Waals surface area contributed by atoms with Crippen molar-refractivity contribution >= 4 is 19.7 Å². The van der Waals surface area contributed by atoms with Gasteiger partial charge in [-0.2, -0.15) is 0 Å². The van der Waals surface area contributed by atoms with Crippen molar-refractivity contribution in [1.82, 2.24) is 4.90 Å². The maximum absolute atomic E-state index is 12.5. The lowest BCUT2D eigenvalue weighted by Gasteiger charge is -2.25. The first-order valence-electron chi connectivity index (χ1n) is 9.16. The molecular formula is C23H29NO2Si. The number of rotatable bonds is 7. The molecule has 2 rings (SSSR count). The van der Waals surface area contributed by atoms with E-state index in [4.69, 9.17) is 4.74 Å². The molecule has 27 heavy (non-hydrogen) atoms. The second-order valence-corrected chi connectivity index (χ2v) is 12.7. The van der Waals surface area contributed by atoms with Gasteiger partial charge in [0.25, 0.3) is 0 Å². The first-order valence-corrected chi connectivity index (χ1v) is 12.7. The molecule has 0 aromatic heterocycles. The monoisotopic (exact) mass is 379 g/mol. The van der Waals surface area contributed by atoms with Crippen LogP contribution in [0.2, 0.25) is 19.6 Å². The lowest BCUT2D eigenvalue weighted by Crippen LogP contribution is -2.26. The van der Waals surface area contributed by atoms with Crippen LogP contribution < -0.4 is 4.74 Å². The fraction of sp³-hybridized carbons (Fsp3) is 0.261. The van der Waals surface area contributed by atoms with E-state index in [1.54, 1.807) is 14.0 Å². The fourth-order valence-corrected chi connectivity index (χ4v) is 3.36.